The van der Waals surface area contributed by atoms with E-state index >= 15 is 0 Å². The molecule has 1 aliphatic rings. The summed E-state index contributed by atoms with van der Waals surface area (Å²) in [5, 5.41) is 13.7. The molecule has 0 radical (unpaired) electrons. The summed E-state index contributed by atoms with van der Waals surface area (Å²) in [4.78, 5) is 4.21. The number of hydrogen-bond acceptors (Lipinski definition) is 6. The Kier molecular flexibility index (Phi) is 3.60. The van der Waals surface area contributed by atoms with Crippen molar-refractivity contribution in [2.24, 2.45) is 0 Å². The Labute approximate surface area is 120 Å². The number of halogens is 1. The molecule has 0 aliphatic carbocycles. The fraction of sp³-hybridized carbons (Fsp3) is 0.429. The van der Waals surface area contributed by atoms with Gasteiger partial charge in [0.15, 0.2) is 0 Å². The zero-order chi connectivity index (χ0) is 14.9. The van der Waals surface area contributed by atoms with Crippen LogP contribution in [-0.4, -0.2) is 35.6 Å². The van der Waals surface area contributed by atoms with Gasteiger partial charge in [-0.25, -0.2) is 4.39 Å². The van der Waals surface area contributed by atoms with Gasteiger partial charge in [0.05, 0.1) is 0 Å². The first-order chi connectivity index (χ1) is 10.2. The first kappa shape index (κ1) is 14.0. The first-order valence-electron chi connectivity index (χ1n) is 6.61. The molecule has 1 N–H and O–H groups in total. The highest BCUT2D eigenvalue weighted by atomic mass is 19.1. The molecule has 0 bridgehead atoms. The predicted molar refractivity (Wildman–Crippen MR) is 70.1 cm³/mol. The number of phenols is 1. The van der Waals surface area contributed by atoms with E-state index in [2.05, 4.69) is 10.1 Å². The van der Waals surface area contributed by atoms with Crippen molar-refractivity contribution in [3.8, 4) is 17.2 Å². The third-order valence-electron chi connectivity index (χ3n) is 3.73. The van der Waals surface area contributed by atoms with E-state index in [4.69, 9.17) is 14.0 Å². The number of aromatic hydroxyl groups is 1. The van der Waals surface area contributed by atoms with Gasteiger partial charge in [0.2, 0.25) is 5.82 Å². The van der Waals surface area contributed by atoms with Crippen molar-refractivity contribution in [1.82, 2.24) is 10.1 Å². The van der Waals surface area contributed by atoms with Crippen LogP contribution < -0.4 is 0 Å². The lowest BCUT2D eigenvalue weighted by Crippen LogP contribution is -2.36. The van der Waals surface area contributed by atoms with Gasteiger partial charge in [0.25, 0.3) is 5.89 Å². The zero-order valence-corrected chi connectivity index (χ0v) is 11.5. The van der Waals surface area contributed by atoms with Gasteiger partial charge >= 0.3 is 0 Å². The van der Waals surface area contributed by atoms with Crippen LogP contribution in [0, 0.1) is 5.82 Å². The molecule has 2 heterocycles. The quantitative estimate of drug-likeness (QED) is 0.935. The number of hydrogen-bond donors (Lipinski definition) is 1. The number of rotatable bonds is 3. The van der Waals surface area contributed by atoms with Crippen molar-refractivity contribution < 1.29 is 23.5 Å². The van der Waals surface area contributed by atoms with Gasteiger partial charge in [0, 0.05) is 33.2 Å². The van der Waals surface area contributed by atoms with Crippen LogP contribution in [0.1, 0.15) is 18.7 Å². The maximum Gasteiger partial charge on any atom is 0.264 e. The molecule has 1 saturated heterocycles. The molecule has 3 rings (SSSR count). The molecular formula is C14H15FN2O4. The molecule has 7 heteroatoms. The Morgan fingerprint density at radius 3 is 2.76 bits per heavy atom. The number of methoxy groups -OCH3 is 1. The molecule has 0 saturated carbocycles. The molecule has 1 fully saturated rings. The van der Waals surface area contributed by atoms with E-state index in [0.29, 0.717) is 31.9 Å². The van der Waals surface area contributed by atoms with Crippen LogP contribution in [0.5, 0.6) is 5.75 Å². The number of nitrogens with zero attached hydrogens (tertiary/aromatic N) is 2. The van der Waals surface area contributed by atoms with Crippen LogP contribution in [0.4, 0.5) is 4.39 Å². The van der Waals surface area contributed by atoms with Crippen LogP contribution in [0.2, 0.25) is 0 Å². The van der Waals surface area contributed by atoms with Crippen molar-refractivity contribution in [1.29, 1.82) is 0 Å². The van der Waals surface area contributed by atoms with Crippen LogP contribution in [0.15, 0.2) is 22.7 Å². The van der Waals surface area contributed by atoms with Crippen molar-refractivity contribution >= 4 is 0 Å². The second-order valence-electron chi connectivity index (χ2n) is 4.87. The molecule has 0 spiro atoms. The topological polar surface area (TPSA) is 77.6 Å². The lowest BCUT2D eigenvalue weighted by molar-refractivity contribution is -0.101. The van der Waals surface area contributed by atoms with Gasteiger partial charge in [-0.15, -0.1) is 0 Å². The smallest absolute Gasteiger partial charge is 0.264 e. The molecule has 0 atom stereocenters. The minimum atomic E-state index is -0.694. The number of aromatic nitrogens is 2. The Morgan fingerprint density at radius 2 is 2.10 bits per heavy atom. The summed E-state index contributed by atoms with van der Waals surface area (Å²) in [5.74, 6) is -0.596. The summed E-state index contributed by atoms with van der Waals surface area (Å²) in [7, 11) is 1.57. The normalized spacial score (nSPS) is 17.8. The monoisotopic (exact) mass is 294 g/mol. The fourth-order valence-corrected chi connectivity index (χ4v) is 2.45. The van der Waals surface area contributed by atoms with Crippen molar-refractivity contribution in [2.45, 2.75) is 18.4 Å². The average molecular weight is 294 g/mol. The Bertz CT molecular complexity index is 617. The second-order valence-corrected chi connectivity index (χ2v) is 4.87. The third kappa shape index (κ3) is 2.38. The Morgan fingerprint density at radius 1 is 1.33 bits per heavy atom. The minimum absolute atomic E-state index is 0.0662. The van der Waals surface area contributed by atoms with Crippen LogP contribution in [0.3, 0.4) is 0 Å². The lowest BCUT2D eigenvalue weighted by atomic mass is 9.93. The zero-order valence-electron chi connectivity index (χ0n) is 11.5. The standard InChI is InChI=1S/C14H15FN2O4/c1-19-14(5-7-20-8-6-14)13-16-12(21-17-13)11-9(15)3-2-4-10(11)18/h2-4,18H,5-8H2,1H3. The van der Waals surface area contributed by atoms with Crippen molar-refractivity contribution in [2.75, 3.05) is 20.3 Å². The molecular weight excluding hydrogens is 279 g/mol. The molecule has 1 aromatic heterocycles. The summed E-state index contributed by atoms with van der Waals surface area (Å²) < 4.78 is 29.8. The fourth-order valence-electron chi connectivity index (χ4n) is 2.45. The highest BCUT2D eigenvalue weighted by molar-refractivity contribution is 5.62. The average Bonchev–Trinajstić information content (AvgIpc) is 2.98. The number of phenolic OH excluding ortho intramolecular Hbond substituents is 1. The SMILES string of the molecule is COC1(c2noc(-c3c(O)cccc3F)n2)CCOCC1. The van der Waals surface area contributed by atoms with Crippen LogP contribution >= 0.6 is 0 Å². The van der Waals surface area contributed by atoms with Crippen LogP contribution in [-0.2, 0) is 15.1 Å². The van der Waals surface area contributed by atoms with E-state index in [1.807, 2.05) is 0 Å². The Hall–Kier alpha value is -1.99. The van der Waals surface area contributed by atoms with Crippen molar-refractivity contribution in [3.63, 3.8) is 0 Å². The highest BCUT2D eigenvalue weighted by Crippen LogP contribution is 2.36. The number of ether oxygens (including phenoxy) is 2. The van der Waals surface area contributed by atoms with Crippen LogP contribution in [0.25, 0.3) is 11.5 Å². The summed E-state index contributed by atoms with van der Waals surface area (Å²) in [5.41, 5.74) is -0.796. The van der Waals surface area contributed by atoms with E-state index in [1.54, 1.807) is 7.11 Å². The van der Waals surface area contributed by atoms with Gasteiger partial charge in [-0.05, 0) is 12.1 Å². The molecule has 112 valence electrons. The molecule has 21 heavy (non-hydrogen) atoms. The molecule has 1 aliphatic heterocycles. The summed E-state index contributed by atoms with van der Waals surface area (Å²) in [6, 6.07) is 3.99. The minimum Gasteiger partial charge on any atom is -0.507 e. The van der Waals surface area contributed by atoms with E-state index in [9.17, 15) is 9.50 Å². The second kappa shape index (κ2) is 5.42. The van der Waals surface area contributed by atoms with E-state index in [0.717, 1.165) is 0 Å². The van der Waals surface area contributed by atoms with E-state index in [1.165, 1.54) is 18.2 Å². The van der Waals surface area contributed by atoms with Gasteiger partial charge in [-0.2, -0.15) is 4.98 Å². The first-order valence-corrected chi connectivity index (χ1v) is 6.61. The van der Waals surface area contributed by atoms with Gasteiger partial charge in [-0.1, -0.05) is 11.2 Å². The summed E-state index contributed by atoms with van der Waals surface area (Å²) in [6.07, 6.45) is 1.18. The highest BCUT2D eigenvalue weighted by Gasteiger charge is 2.39. The lowest BCUT2D eigenvalue weighted by Gasteiger charge is -2.32. The third-order valence-corrected chi connectivity index (χ3v) is 3.73. The molecule has 1 aromatic carbocycles. The van der Waals surface area contributed by atoms with Gasteiger partial charge in [0.1, 0.15) is 22.7 Å². The summed E-state index contributed by atoms with van der Waals surface area (Å²) in [6.45, 7) is 1.06. The molecule has 0 unspecified atom stereocenters. The van der Waals surface area contributed by atoms with E-state index < -0.39 is 11.4 Å². The van der Waals surface area contributed by atoms with E-state index in [-0.39, 0.29) is 17.2 Å². The molecule has 2 aromatic rings. The Balaban J connectivity index is 2.00. The molecule has 0 amide bonds. The maximum absolute atomic E-state index is 13.8. The summed E-state index contributed by atoms with van der Waals surface area (Å²) >= 11 is 0. The van der Waals surface area contributed by atoms with Gasteiger partial charge in [-0.3, -0.25) is 0 Å². The van der Waals surface area contributed by atoms with Gasteiger partial charge < -0.3 is 19.1 Å². The largest absolute Gasteiger partial charge is 0.507 e. The molecule has 6 nitrogen and oxygen atoms in total. The maximum atomic E-state index is 13.8. The van der Waals surface area contributed by atoms with Crippen molar-refractivity contribution in [3.05, 3.63) is 29.8 Å². The predicted octanol–water partition coefficient (Wildman–Crippen LogP) is 2.23. The number of benzene rings is 1.